The Morgan fingerprint density at radius 2 is 1.95 bits per heavy atom. The first-order valence-corrected chi connectivity index (χ1v) is 7.94. The van der Waals surface area contributed by atoms with Crippen LogP contribution in [0, 0.1) is 0 Å². The van der Waals surface area contributed by atoms with E-state index >= 15 is 0 Å². The van der Waals surface area contributed by atoms with E-state index in [2.05, 4.69) is 48.4 Å². The maximum Gasteiger partial charge on any atom is 0.160 e. The van der Waals surface area contributed by atoms with Gasteiger partial charge in [0.15, 0.2) is 11.5 Å². The van der Waals surface area contributed by atoms with Crippen molar-refractivity contribution in [2.24, 2.45) is 0 Å². The fourth-order valence-corrected chi connectivity index (χ4v) is 3.22. The van der Waals surface area contributed by atoms with E-state index in [1.807, 2.05) is 40.1 Å². The first kappa shape index (κ1) is 14.2. The van der Waals surface area contributed by atoms with Crippen LogP contribution in [0.15, 0.2) is 36.5 Å². The van der Waals surface area contributed by atoms with Crippen molar-refractivity contribution in [3.8, 4) is 0 Å². The highest BCUT2D eigenvalue weighted by Crippen LogP contribution is 2.29. The number of fused-ring (bicyclic) bond motifs is 1. The van der Waals surface area contributed by atoms with Crippen LogP contribution in [-0.4, -0.2) is 14.6 Å². The van der Waals surface area contributed by atoms with E-state index in [1.165, 1.54) is 9.75 Å². The molecule has 21 heavy (non-hydrogen) atoms. The van der Waals surface area contributed by atoms with Gasteiger partial charge in [-0.15, -0.1) is 21.5 Å². The Bertz CT molecular complexity index is 736. The third-order valence-corrected chi connectivity index (χ3v) is 4.88. The fourth-order valence-electron chi connectivity index (χ4n) is 2.18. The first-order chi connectivity index (χ1) is 10.0. The predicted octanol–water partition coefficient (Wildman–Crippen LogP) is 3.38. The summed E-state index contributed by atoms with van der Waals surface area (Å²) in [6.07, 6.45) is 2.00. The van der Waals surface area contributed by atoms with Gasteiger partial charge in [0.25, 0.3) is 0 Å². The Morgan fingerprint density at radius 1 is 1.10 bits per heavy atom. The van der Waals surface area contributed by atoms with E-state index in [-0.39, 0.29) is 5.41 Å². The van der Waals surface area contributed by atoms with Crippen molar-refractivity contribution < 1.29 is 0 Å². The third kappa shape index (κ3) is 3.14. The van der Waals surface area contributed by atoms with Crippen molar-refractivity contribution in [2.45, 2.75) is 39.3 Å². The average molecular weight is 300 g/mol. The van der Waals surface area contributed by atoms with Crippen molar-refractivity contribution in [3.63, 3.8) is 0 Å². The fraction of sp³-hybridized carbons (Fsp3) is 0.375. The molecule has 3 aromatic rings. The summed E-state index contributed by atoms with van der Waals surface area (Å²) in [7, 11) is 0. The van der Waals surface area contributed by atoms with Crippen LogP contribution < -0.4 is 5.32 Å². The van der Waals surface area contributed by atoms with Crippen molar-refractivity contribution in [1.82, 2.24) is 19.9 Å². The molecule has 0 aliphatic carbocycles. The molecule has 0 bridgehead atoms. The first-order valence-electron chi connectivity index (χ1n) is 7.12. The lowest BCUT2D eigenvalue weighted by molar-refractivity contribution is 0.604. The van der Waals surface area contributed by atoms with Crippen molar-refractivity contribution in [3.05, 3.63) is 52.1 Å². The van der Waals surface area contributed by atoms with Gasteiger partial charge in [0.1, 0.15) is 0 Å². The van der Waals surface area contributed by atoms with Gasteiger partial charge in [0.05, 0.1) is 6.54 Å². The van der Waals surface area contributed by atoms with E-state index in [0.29, 0.717) is 6.54 Å². The zero-order chi connectivity index (χ0) is 14.9. The molecule has 3 heterocycles. The number of aromatic nitrogens is 3. The summed E-state index contributed by atoms with van der Waals surface area (Å²) in [4.78, 5) is 2.78. The van der Waals surface area contributed by atoms with E-state index in [1.54, 1.807) is 0 Å². The monoisotopic (exact) mass is 300 g/mol. The lowest BCUT2D eigenvalue weighted by atomic mass is 9.95. The van der Waals surface area contributed by atoms with Crippen LogP contribution in [0.2, 0.25) is 0 Å². The second kappa shape index (κ2) is 5.58. The Kier molecular flexibility index (Phi) is 3.78. The molecule has 5 heteroatoms. The molecule has 0 saturated heterocycles. The molecule has 3 rings (SSSR count). The number of thiophene rings is 1. The number of nitrogens with one attached hydrogen (secondary N) is 1. The maximum atomic E-state index is 4.22. The van der Waals surface area contributed by atoms with Gasteiger partial charge < -0.3 is 5.32 Å². The smallest absolute Gasteiger partial charge is 0.160 e. The summed E-state index contributed by atoms with van der Waals surface area (Å²) in [6.45, 7) is 8.32. The topological polar surface area (TPSA) is 42.2 Å². The van der Waals surface area contributed by atoms with Gasteiger partial charge in [-0.05, 0) is 29.7 Å². The highest BCUT2D eigenvalue weighted by Gasteiger charge is 2.15. The molecule has 0 fully saturated rings. The minimum atomic E-state index is 0.228. The highest BCUT2D eigenvalue weighted by atomic mass is 32.1. The molecule has 1 N–H and O–H groups in total. The van der Waals surface area contributed by atoms with Gasteiger partial charge in [-0.3, -0.25) is 4.40 Å². The van der Waals surface area contributed by atoms with Crippen LogP contribution in [0.1, 0.15) is 36.3 Å². The second-order valence-corrected chi connectivity index (χ2v) is 7.33. The lowest BCUT2D eigenvalue weighted by Crippen LogP contribution is -2.14. The molecular weight excluding hydrogens is 280 g/mol. The Hall–Kier alpha value is -1.72. The minimum Gasteiger partial charge on any atom is -0.305 e. The number of rotatable bonds is 4. The van der Waals surface area contributed by atoms with E-state index in [9.17, 15) is 0 Å². The Labute approximate surface area is 128 Å². The Balaban J connectivity index is 1.62. The quantitative estimate of drug-likeness (QED) is 0.803. The molecule has 4 nitrogen and oxygen atoms in total. The summed E-state index contributed by atoms with van der Waals surface area (Å²) in [6, 6.07) is 10.4. The zero-order valence-corrected chi connectivity index (χ0v) is 13.4. The molecule has 3 aromatic heterocycles. The van der Waals surface area contributed by atoms with Gasteiger partial charge in [-0.25, -0.2) is 0 Å². The SMILES string of the molecule is CC(C)(C)c1ccc(CNCc2nnc3ccccn23)s1. The predicted molar refractivity (Wildman–Crippen MR) is 86.5 cm³/mol. The summed E-state index contributed by atoms with van der Waals surface area (Å²) >= 11 is 1.88. The van der Waals surface area contributed by atoms with E-state index in [0.717, 1.165) is 18.0 Å². The molecule has 0 saturated carbocycles. The van der Waals surface area contributed by atoms with Gasteiger partial charge in [-0.1, -0.05) is 26.8 Å². The van der Waals surface area contributed by atoms with Crippen LogP contribution in [0.3, 0.4) is 0 Å². The normalized spacial score (nSPS) is 12.1. The molecule has 0 aliphatic rings. The standard InChI is InChI=1S/C16H20N4S/c1-16(2,3)13-8-7-12(21-13)10-17-11-15-19-18-14-6-4-5-9-20(14)15/h4-9,17H,10-11H2,1-3H3. The van der Waals surface area contributed by atoms with E-state index in [4.69, 9.17) is 0 Å². The van der Waals surface area contributed by atoms with Crippen molar-refractivity contribution >= 4 is 17.0 Å². The molecule has 110 valence electrons. The summed E-state index contributed by atoms with van der Waals surface area (Å²) < 4.78 is 2.02. The van der Waals surface area contributed by atoms with Crippen LogP contribution in [0.4, 0.5) is 0 Å². The van der Waals surface area contributed by atoms with Crippen LogP contribution in [0.25, 0.3) is 5.65 Å². The van der Waals surface area contributed by atoms with Gasteiger partial charge in [-0.2, -0.15) is 0 Å². The van der Waals surface area contributed by atoms with Gasteiger partial charge >= 0.3 is 0 Å². The lowest BCUT2D eigenvalue weighted by Gasteiger charge is -2.15. The molecule has 0 aromatic carbocycles. The molecule has 0 radical (unpaired) electrons. The highest BCUT2D eigenvalue weighted by molar-refractivity contribution is 7.12. The van der Waals surface area contributed by atoms with Crippen molar-refractivity contribution in [2.75, 3.05) is 0 Å². The second-order valence-electron chi connectivity index (χ2n) is 6.16. The summed E-state index contributed by atoms with van der Waals surface area (Å²) in [5.41, 5.74) is 1.12. The molecule has 0 spiro atoms. The van der Waals surface area contributed by atoms with Crippen molar-refractivity contribution in [1.29, 1.82) is 0 Å². The minimum absolute atomic E-state index is 0.228. The van der Waals surface area contributed by atoms with Gasteiger partial charge in [0, 0.05) is 22.5 Å². The third-order valence-electron chi connectivity index (χ3n) is 3.37. The summed E-state index contributed by atoms with van der Waals surface area (Å²) in [5.74, 6) is 0.943. The molecule has 0 unspecified atom stereocenters. The molecular formula is C16H20N4S. The number of hydrogen-bond donors (Lipinski definition) is 1. The van der Waals surface area contributed by atoms with Gasteiger partial charge in [0.2, 0.25) is 0 Å². The molecule has 0 atom stereocenters. The average Bonchev–Trinajstić information content (AvgIpc) is 3.06. The zero-order valence-electron chi connectivity index (χ0n) is 12.6. The number of nitrogens with zero attached hydrogens (tertiary/aromatic N) is 3. The molecule has 0 amide bonds. The Morgan fingerprint density at radius 3 is 2.71 bits per heavy atom. The number of pyridine rings is 1. The van der Waals surface area contributed by atoms with Crippen LogP contribution in [-0.2, 0) is 18.5 Å². The summed E-state index contributed by atoms with van der Waals surface area (Å²) in [5, 5.41) is 11.8. The van der Waals surface area contributed by atoms with E-state index < -0.39 is 0 Å². The number of hydrogen-bond acceptors (Lipinski definition) is 4. The van der Waals surface area contributed by atoms with Crippen LogP contribution >= 0.6 is 11.3 Å². The largest absolute Gasteiger partial charge is 0.305 e. The molecule has 0 aliphatic heterocycles. The van der Waals surface area contributed by atoms with Crippen LogP contribution in [0.5, 0.6) is 0 Å². The maximum absolute atomic E-state index is 4.22.